The fraction of sp³-hybridized carbons (Fsp3) is 0.111. The smallest absolute Gasteiger partial charge is 0.226 e. The Bertz CT molecular complexity index is 412. The van der Waals surface area contributed by atoms with E-state index in [4.69, 9.17) is 16.9 Å². The highest BCUT2D eigenvalue weighted by atomic mass is 35.5. The van der Waals surface area contributed by atoms with Gasteiger partial charge in [0.2, 0.25) is 5.95 Å². The summed E-state index contributed by atoms with van der Waals surface area (Å²) in [5.41, 5.74) is 0.114. The molecule has 0 radical (unpaired) electrons. The lowest BCUT2D eigenvalue weighted by Gasteiger charge is -1.92. The molecule has 1 rings (SSSR count). The second-order valence-electron chi connectivity index (χ2n) is 2.13. The Hall–Kier alpha value is -1.58. The standard InChI is InChI=1S/C9H4ClFN2/c10-8-5-7(3-1-2-4-12)9(11)13-6-8/h5-6H,2H2. The molecule has 0 atom stereocenters. The van der Waals surface area contributed by atoms with Crippen molar-refractivity contribution >= 4 is 11.6 Å². The van der Waals surface area contributed by atoms with Gasteiger partial charge >= 0.3 is 0 Å². The average molecular weight is 195 g/mol. The van der Waals surface area contributed by atoms with Crippen LogP contribution in [0.15, 0.2) is 12.3 Å². The molecule has 0 aliphatic heterocycles. The molecule has 0 amide bonds. The lowest BCUT2D eigenvalue weighted by atomic mass is 10.3. The number of hydrogen-bond acceptors (Lipinski definition) is 2. The highest BCUT2D eigenvalue weighted by Crippen LogP contribution is 2.10. The van der Waals surface area contributed by atoms with Crippen LogP contribution in [0.3, 0.4) is 0 Å². The molecule has 0 aliphatic carbocycles. The molecule has 0 bridgehead atoms. The Morgan fingerprint density at radius 3 is 3.08 bits per heavy atom. The molecular formula is C9H4ClFN2. The fourth-order valence-electron chi connectivity index (χ4n) is 0.689. The van der Waals surface area contributed by atoms with E-state index in [1.807, 2.05) is 6.07 Å². The molecule has 2 nitrogen and oxygen atoms in total. The van der Waals surface area contributed by atoms with Crippen molar-refractivity contribution in [3.63, 3.8) is 0 Å². The average Bonchev–Trinajstić information content (AvgIpc) is 2.11. The van der Waals surface area contributed by atoms with Crippen LogP contribution in [0.2, 0.25) is 5.02 Å². The second kappa shape index (κ2) is 4.45. The van der Waals surface area contributed by atoms with Gasteiger partial charge in [-0.3, -0.25) is 0 Å². The third-order valence-corrected chi connectivity index (χ3v) is 1.40. The lowest BCUT2D eigenvalue weighted by molar-refractivity contribution is 0.580. The maximum Gasteiger partial charge on any atom is 0.228 e. The summed E-state index contributed by atoms with van der Waals surface area (Å²) in [5, 5.41) is 8.50. The first kappa shape index (κ1) is 9.51. The van der Waals surface area contributed by atoms with Crippen LogP contribution in [0, 0.1) is 29.1 Å². The molecule has 1 aromatic heterocycles. The Balaban J connectivity index is 2.97. The van der Waals surface area contributed by atoms with E-state index < -0.39 is 5.95 Å². The van der Waals surface area contributed by atoms with Gasteiger partial charge in [-0.15, -0.1) is 0 Å². The van der Waals surface area contributed by atoms with Gasteiger partial charge < -0.3 is 0 Å². The van der Waals surface area contributed by atoms with Gasteiger partial charge in [0.15, 0.2) is 0 Å². The van der Waals surface area contributed by atoms with Gasteiger partial charge in [0, 0.05) is 6.20 Å². The Morgan fingerprint density at radius 1 is 1.62 bits per heavy atom. The molecule has 13 heavy (non-hydrogen) atoms. The van der Waals surface area contributed by atoms with Crippen molar-refractivity contribution in [2.75, 3.05) is 0 Å². The van der Waals surface area contributed by atoms with E-state index in [9.17, 15) is 4.39 Å². The molecule has 0 aromatic carbocycles. The zero-order valence-electron chi connectivity index (χ0n) is 6.51. The Morgan fingerprint density at radius 2 is 2.38 bits per heavy atom. The van der Waals surface area contributed by atoms with Gasteiger partial charge in [0.25, 0.3) is 0 Å². The number of halogens is 2. The highest BCUT2D eigenvalue weighted by molar-refractivity contribution is 6.30. The van der Waals surface area contributed by atoms with Crippen molar-refractivity contribution in [2.45, 2.75) is 6.42 Å². The molecule has 0 fully saturated rings. The van der Waals surface area contributed by atoms with Crippen LogP contribution in [-0.2, 0) is 0 Å². The van der Waals surface area contributed by atoms with Gasteiger partial charge in [-0.05, 0) is 6.07 Å². The van der Waals surface area contributed by atoms with Crippen LogP contribution in [-0.4, -0.2) is 4.98 Å². The zero-order chi connectivity index (χ0) is 9.68. The van der Waals surface area contributed by atoms with Crippen LogP contribution in [0.5, 0.6) is 0 Å². The van der Waals surface area contributed by atoms with E-state index >= 15 is 0 Å². The van der Waals surface area contributed by atoms with E-state index in [1.165, 1.54) is 12.3 Å². The second-order valence-corrected chi connectivity index (χ2v) is 2.57. The monoisotopic (exact) mass is 194 g/mol. The van der Waals surface area contributed by atoms with Gasteiger partial charge in [0.1, 0.15) is 0 Å². The number of pyridine rings is 1. The van der Waals surface area contributed by atoms with Crippen LogP contribution in [0.1, 0.15) is 12.0 Å². The lowest BCUT2D eigenvalue weighted by Crippen LogP contribution is -1.87. The van der Waals surface area contributed by atoms with E-state index in [-0.39, 0.29) is 12.0 Å². The van der Waals surface area contributed by atoms with Crippen molar-refractivity contribution in [1.82, 2.24) is 4.98 Å². The SMILES string of the molecule is N#CCC#Cc1cc(Cl)cnc1F. The quantitative estimate of drug-likeness (QED) is 0.469. The first-order chi connectivity index (χ1) is 6.24. The summed E-state index contributed by atoms with van der Waals surface area (Å²) in [4.78, 5) is 3.37. The minimum absolute atomic E-state index is 0.0615. The topological polar surface area (TPSA) is 36.7 Å². The molecular weight excluding hydrogens is 191 g/mol. The van der Waals surface area contributed by atoms with Gasteiger partial charge in [0.05, 0.1) is 23.1 Å². The molecule has 1 heterocycles. The molecule has 0 saturated heterocycles. The summed E-state index contributed by atoms with van der Waals surface area (Å²) in [6.07, 6.45) is 1.26. The minimum Gasteiger partial charge on any atom is -0.226 e. The highest BCUT2D eigenvalue weighted by Gasteiger charge is 1.99. The van der Waals surface area contributed by atoms with Crippen molar-refractivity contribution in [1.29, 1.82) is 5.26 Å². The fourth-order valence-corrected chi connectivity index (χ4v) is 0.847. The third kappa shape index (κ3) is 2.74. The molecule has 0 N–H and O–H groups in total. The first-order valence-corrected chi connectivity index (χ1v) is 3.78. The normalized spacial score (nSPS) is 8.38. The molecule has 1 aromatic rings. The molecule has 0 saturated carbocycles. The molecule has 64 valence electrons. The minimum atomic E-state index is -0.671. The van der Waals surface area contributed by atoms with Gasteiger partial charge in [-0.1, -0.05) is 23.4 Å². The Labute approximate surface area is 80.0 Å². The zero-order valence-corrected chi connectivity index (χ0v) is 7.27. The van der Waals surface area contributed by atoms with E-state index in [1.54, 1.807) is 0 Å². The van der Waals surface area contributed by atoms with Crippen molar-refractivity contribution < 1.29 is 4.39 Å². The number of aromatic nitrogens is 1. The summed E-state index contributed by atoms with van der Waals surface area (Å²) in [6.45, 7) is 0. The first-order valence-electron chi connectivity index (χ1n) is 3.41. The van der Waals surface area contributed by atoms with Gasteiger partial charge in [-0.2, -0.15) is 9.65 Å². The van der Waals surface area contributed by atoms with Gasteiger partial charge in [-0.25, -0.2) is 4.98 Å². The molecule has 4 heteroatoms. The summed E-state index contributed by atoms with van der Waals surface area (Å²) < 4.78 is 12.8. The van der Waals surface area contributed by atoms with E-state index in [0.717, 1.165) is 0 Å². The van der Waals surface area contributed by atoms with E-state index in [0.29, 0.717) is 5.02 Å². The maximum absolute atomic E-state index is 12.8. The van der Waals surface area contributed by atoms with Crippen LogP contribution in [0.4, 0.5) is 4.39 Å². The largest absolute Gasteiger partial charge is 0.228 e. The van der Waals surface area contributed by atoms with E-state index in [2.05, 4.69) is 16.8 Å². The predicted molar refractivity (Wildman–Crippen MR) is 46.3 cm³/mol. The molecule has 0 spiro atoms. The number of hydrogen-bond donors (Lipinski definition) is 0. The number of rotatable bonds is 0. The van der Waals surface area contributed by atoms with Crippen molar-refractivity contribution in [3.8, 4) is 17.9 Å². The third-order valence-electron chi connectivity index (χ3n) is 1.20. The predicted octanol–water partition coefficient (Wildman–Crippen LogP) is 2.14. The van der Waals surface area contributed by atoms with Crippen LogP contribution in [0.25, 0.3) is 0 Å². The van der Waals surface area contributed by atoms with Crippen LogP contribution < -0.4 is 0 Å². The number of nitrogens with zero attached hydrogens (tertiary/aromatic N) is 2. The summed E-state index contributed by atoms with van der Waals surface area (Å²) in [6, 6.07) is 3.19. The summed E-state index contributed by atoms with van der Waals surface area (Å²) in [5.74, 6) is 4.26. The maximum atomic E-state index is 12.8. The summed E-state index contributed by atoms with van der Waals surface area (Å²) >= 11 is 5.57. The molecule has 0 unspecified atom stereocenters. The van der Waals surface area contributed by atoms with Crippen molar-refractivity contribution in [2.24, 2.45) is 0 Å². The summed E-state index contributed by atoms with van der Waals surface area (Å²) in [7, 11) is 0. The van der Waals surface area contributed by atoms with Crippen molar-refractivity contribution in [3.05, 3.63) is 28.8 Å². The Kier molecular flexibility index (Phi) is 3.25. The molecule has 0 aliphatic rings. The number of nitriles is 1. The van der Waals surface area contributed by atoms with Crippen LogP contribution >= 0.6 is 11.6 Å².